The maximum absolute atomic E-state index is 13.2. The molecule has 2 aromatic rings. The standard InChI is InChI=1S/C22H23Cl3N2O3S/c23-16-11-18(25)21(12-17(16)24)31(29,30)13-15-7-3-8-19(26-15)22(28)27-10-4-6-14-5-1-2-9-20(14)27/h3,7-8,11-12,14,20H,1-2,4-6,9-10,13H2. The van der Waals surface area contributed by atoms with Gasteiger partial charge in [-0.25, -0.2) is 13.4 Å². The summed E-state index contributed by atoms with van der Waals surface area (Å²) in [6, 6.07) is 7.73. The fourth-order valence-electron chi connectivity index (χ4n) is 4.72. The van der Waals surface area contributed by atoms with E-state index in [0.29, 0.717) is 5.92 Å². The molecule has 0 radical (unpaired) electrons. The lowest BCUT2D eigenvalue weighted by Gasteiger charge is -2.44. The van der Waals surface area contributed by atoms with Crippen molar-refractivity contribution in [2.24, 2.45) is 5.92 Å². The molecule has 1 saturated heterocycles. The maximum Gasteiger partial charge on any atom is 0.272 e. The molecule has 2 aliphatic rings. The maximum atomic E-state index is 13.2. The lowest BCUT2D eigenvalue weighted by Crippen LogP contribution is -2.49. The van der Waals surface area contributed by atoms with Gasteiger partial charge in [0.25, 0.3) is 5.91 Å². The summed E-state index contributed by atoms with van der Waals surface area (Å²) in [7, 11) is -3.83. The van der Waals surface area contributed by atoms with Crippen LogP contribution in [0.25, 0.3) is 0 Å². The number of halogens is 3. The summed E-state index contributed by atoms with van der Waals surface area (Å²) < 4.78 is 25.9. The average molecular weight is 502 g/mol. The first kappa shape index (κ1) is 22.8. The quantitative estimate of drug-likeness (QED) is 0.496. The van der Waals surface area contributed by atoms with E-state index in [-0.39, 0.29) is 43.3 Å². The van der Waals surface area contributed by atoms with Crippen molar-refractivity contribution in [3.05, 3.63) is 56.8 Å². The second-order valence-corrected chi connectivity index (χ2v) is 11.4. The molecule has 1 aromatic heterocycles. The number of hydrogen-bond donors (Lipinski definition) is 0. The van der Waals surface area contributed by atoms with Crippen LogP contribution in [0.4, 0.5) is 0 Å². The Kier molecular flexibility index (Phi) is 6.82. The van der Waals surface area contributed by atoms with Crippen molar-refractivity contribution in [2.45, 2.75) is 55.2 Å². The number of nitrogens with zero attached hydrogens (tertiary/aromatic N) is 2. The molecule has 9 heteroatoms. The van der Waals surface area contributed by atoms with E-state index in [1.165, 1.54) is 31.4 Å². The van der Waals surface area contributed by atoms with Crippen molar-refractivity contribution < 1.29 is 13.2 Å². The van der Waals surface area contributed by atoms with E-state index in [1.54, 1.807) is 18.2 Å². The Hall–Kier alpha value is -1.34. The zero-order chi connectivity index (χ0) is 22.2. The van der Waals surface area contributed by atoms with Gasteiger partial charge in [0.05, 0.1) is 31.4 Å². The molecule has 4 rings (SSSR count). The minimum absolute atomic E-state index is 0.00159. The van der Waals surface area contributed by atoms with Crippen LogP contribution in [0.5, 0.6) is 0 Å². The van der Waals surface area contributed by atoms with E-state index in [0.717, 1.165) is 25.8 Å². The van der Waals surface area contributed by atoms with Gasteiger partial charge in [-0.3, -0.25) is 4.79 Å². The first-order chi connectivity index (χ1) is 14.8. The smallest absolute Gasteiger partial charge is 0.272 e. The Morgan fingerprint density at radius 3 is 2.52 bits per heavy atom. The van der Waals surface area contributed by atoms with Crippen LogP contribution in [0.1, 0.15) is 54.7 Å². The first-order valence-corrected chi connectivity index (χ1v) is 13.2. The Bertz CT molecular complexity index is 1110. The number of fused-ring (bicyclic) bond motifs is 1. The first-order valence-electron chi connectivity index (χ1n) is 10.4. The molecule has 0 spiro atoms. The molecule has 1 aromatic carbocycles. The molecule has 1 aliphatic carbocycles. The van der Waals surface area contributed by atoms with E-state index in [1.807, 2.05) is 4.90 Å². The number of pyridine rings is 1. The third-order valence-electron chi connectivity index (χ3n) is 6.18. The van der Waals surface area contributed by atoms with Crippen LogP contribution in [-0.4, -0.2) is 36.8 Å². The monoisotopic (exact) mass is 500 g/mol. The van der Waals surface area contributed by atoms with Crippen molar-refractivity contribution in [3.8, 4) is 0 Å². The topological polar surface area (TPSA) is 67.3 Å². The average Bonchev–Trinajstić information content (AvgIpc) is 2.75. The van der Waals surface area contributed by atoms with E-state index in [2.05, 4.69) is 4.98 Å². The van der Waals surface area contributed by atoms with Gasteiger partial charge in [-0.1, -0.05) is 53.7 Å². The molecular weight excluding hydrogens is 479 g/mol. The predicted octanol–water partition coefficient (Wildman–Crippen LogP) is 5.81. The number of aromatic nitrogens is 1. The number of sulfone groups is 1. The van der Waals surface area contributed by atoms with Gasteiger partial charge in [-0.15, -0.1) is 0 Å². The second kappa shape index (κ2) is 9.26. The van der Waals surface area contributed by atoms with E-state index >= 15 is 0 Å². The van der Waals surface area contributed by atoms with Crippen molar-refractivity contribution in [1.29, 1.82) is 0 Å². The number of piperidine rings is 1. The van der Waals surface area contributed by atoms with Gasteiger partial charge in [-0.2, -0.15) is 0 Å². The summed E-state index contributed by atoms with van der Waals surface area (Å²) in [5, 5.41) is 0.283. The van der Waals surface area contributed by atoms with Gasteiger partial charge < -0.3 is 4.90 Å². The normalized spacial score (nSPS) is 21.6. The van der Waals surface area contributed by atoms with E-state index in [4.69, 9.17) is 34.8 Å². The molecule has 1 amide bonds. The van der Waals surface area contributed by atoms with Crippen LogP contribution in [0, 0.1) is 5.92 Å². The molecule has 0 bridgehead atoms. The van der Waals surface area contributed by atoms with Crippen molar-refractivity contribution in [3.63, 3.8) is 0 Å². The summed E-state index contributed by atoms with van der Waals surface area (Å²) in [4.78, 5) is 19.5. The zero-order valence-corrected chi connectivity index (χ0v) is 19.9. The van der Waals surface area contributed by atoms with E-state index < -0.39 is 15.6 Å². The van der Waals surface area contributed by atoms with Crippen LogP contribution < -0.4 is 0 Å². The highest BCUT2D eigenvalue weighted by molar-refractivity contribution is 7.90. The summed E-state index contributed by atoms with van der Waals surface area (Å²) in [5.74, 6) is 0.0490. The van der Waals surface area contributed by atoms with Gasteiger partial charge in [0.1, 0.15) is 5.69 Å². The van der Waals surface area contributed by atoms with E-state index in [9.17, 15) is 13.2 Å². The fourth-order valence-corrected chi connectivity index (χ4v) is 7.04. The van der Waals surface area contributed by atoms with Gasteiger partial charge >= 0.3 is 0 Å². The summed E-state index contributed by atoms with van der Waals surface area (Å²) in [5.41, 5.74) is 0.560. The molecule has 5 nitrogen and oxygen atoms in total. The number of amides is 1. The van der Waals surface area contributed by atoms with Gasteiger partial charge in [0, 0.05) is 12.6 Å². The summed E-state index contributed by atoms with van der Waals surface area (Å²) in [6.45, 7) is 0.725. The highest BCUT2D eigenvalue weighted by Crippen LogP contribution is 2.36. The Morgan fingerprint density at radius 2 is 1.71 bits per heavy atom. The summed E-state index contributed by atoms with van der Waals surface area (Å²) >= 11 is 18.0. The predicted molar refractivity (Wildman–Crippen MR) is 123 cm³/mol. The molecule has 166 valence electrons. The minimum atomic E-state index is -3.83. The lowest BCUT2D eigenvalue weighted by atomic mass is 9.78. The van der Waals surface area contributed by atoms with Gasteiger partial charge in [0.15, 0.2) is 9.84 Å². The highest BCUT2D eigenvalue weighted by atomic mass is 35.5. The molecule has 2 fully saturated rings. The van der Waals surface area contributed by atoms with Crippen LogP contribution in [-0.2, 0) is 15.6 Å². The number of carbonyl (C=O) groups is 1. The Labute approximate surface area is 197 Å². The molecule has 2 unspecified atom stereocenters. The van der Waals surface area contributed by atoms with Crippen LogP contribution >= 0.6 is 34.8 Å². The molecule has 31 heavy (non-hydrogen) atoms. The number of hydrogen-bond acceptors (Lipinski definition) is 4. The zero-order valence-electron chi connectivity index (χ0n) is 16.9. The Morgan fingerprint density at radius 1 is 1.00 bits per heavy atom. The van der Waals surface area contributed by atoms with Crippen LogP contribution in [0.15, 0.2) is 35.2 Å². The lowest BCUT2D eigenvalue weighted by molar-refractivity contribution is 0.0385. The molecule has 0 N–H and O–H groups in total. The van der Waals surface area contributed by atoms with Crippen molar-refractivity contribution >= 4 is 50.5 Å². The molecule has 1 aliphatic heterocycles. The third kappa shape index (κ3) is 4.87. The second-order valence-electron chi connectivity index (χ2n) is 8.22. The number of likely N-dealkylation sites (tertiary alicyclic amines) is 1. The SMILES string of the molecule is O=C(c1cccc(CS(=O)(=O)c2cc(Cl)c(Cl)cc2Cl)n1)N1CCCC2CCCCC21. The molecule has 2 heterocycles. The van der Waals surface area contributed by atoms with Crippen LogP contribution in [0.2, 0.25) is 15.1 Å². The van der Waals surface area contributed by atoms with Crippen molar-refractivity contribution in [2.75, 3.05) is 6.54 Å². The minimum Gasteiger partial charge on any atom is -0.334 e. The number of rotatable bonds is 4. The molecule has 2 atom stereocenters. The highest BCUT2D eigenvalue weighted by Gasteiger charge is 2.36. The van der Waals surface area contributed by atoms with Crippen LogP contribution in [0.3, 0.4) is 0 Å². The largest absolute Gasteiger partial charge is 0.334 e. The van der Waals surface area contributed by atoms with Gasteiger partial charge in [0.2, 0.25) is 0 Å². The van der Waals surface area contributed by atoms with Gasteiger partial charge in [-0.05, 0) is 55.9 Å². The number of carbonyl (C=O) groups excluding carboxylic acids is 1. The fraction of sp³-hybridized carbons (Fsp3) is 0.455. The van der Waals surface area contributed by atoms with Crippen molar-refractivity contribution in [1.82, 2.24) is 9.88 Å². The number of benzene rings is 1. The molecule has 1 saturated carbocycles. The molecular formula is C22H23Cl3N2O3S. The summed E-state index contributed by atoms with van der Waals surface area (Å²) in [6.07, 6.45) is 6.74. The Balaban J connectivity index is 1.57. The third-order valence-corrected chi connectivity index (χ3v) is 9.01.